The van der Waals surface area contributed by atoms with Gasteiger partial charge in [-0.15, -0.1) is 0 Å². The number of hydrogen-bond donors (Lipinski definition) is 1. The summed E-state index contributed by atoms with van der Waals surface area (Å²) in [5.41, 5.74) is 0. The molecule has 5 heteroatoms. The van der Waals surface area contributed by atoms with Crippen molar-refractivity contribution < 1.29 is 9.15 Å². The van der Waals surface area contributed by atoms with E-state index in [2.05, 4.69) is 10.3 Å². The minimum absolute atomic E-state index is 0.0170. The lowest BCUT2D eigenvalue weighted by atomic mass is 10.2. The monoisotopic (exact) mass is 263 g/mol. The molecule has 0 aromatic carbocycles. The van der Waals surface area contributed by atoms with Crippen molar-refractivity contribution >= 4 is 0 Å². The van der Waals surface area contributed by atoms with E-state index in [-0.39, 0.29) is 6.04 Å². The van der Waals surface area contributed by atoms with Gasteiger partial charge in [-0.25, -0.2) is 4.98 Å². The van der Waals surface area contributed by atoms with Gasteiger partial charge in [0, 0.05) is 32.7 Å². The van der Waals surface area contributed by atoms with Gasteiger partial charge in [-0.05, 0) is 32.0 Å². The molecule has 2 rings (SSSR count). The third-order valence-electron chi connectivity index (χ3n) is 2.96. The van der Waals surface area contributed by atoms with Crippen molar-refractivity contribution in [3.8, 4) is 0 Å². The molecule has 0 fully saturated rings. The standard InChI is InChI=1S/C14H21N3O2/c1-3-18-10-5-7-15-13(12-6-4-11-19-12)14-16-8-9-17(14)2/h4,6,8-9,11,13,15H,3,5,7,10H2,1-2H3. The molecule has 104 valence electrons. The second-order valence-electron chi connectivity index (χ2n) is 4.35. The predicted molar refractivity (Wildman–Crippen MR) is 72.9 cm³/mol. The van der Waals surface area contributed by atoms with Crippen LogP contribution in [-0.4, -0.2) is 29.3 Å². The molecule has 0 aliphatic heterocycles. The molecule has 0 radical (unpaired) electrons. The number of furan rings is 1. The number of ether oxygens (including phenoxy) is 1. The Morgan fingerprint density at radius 2 is 2.42 bits per heavy atom. The van der Waals surface area contributed by atoms with Gasteiger partial charge in [0.1, 0.15) is 17.6 Å². The molecule has 5 nitrogen and oxygen atoms in total. The summed E-state index contributed by atoms with van der Waals surface area (Å²) in [6.45, 7) is 4.40. The third-order valence-corrected chi connectivity index (χ3v) is 2.96. The van der Waals surface area contributed by atoms with Crippen LogP contribution in [0.3, 0.4) is 0 Å². The number of aromatic nitrogens is 2. The van der Waals surface area contributed by atoms with Crippen LogP contribution in [0.4, 0.5) is 0 Å². The van der Waals surface area contributed by atoms with Crippen molar-refractivity contribution in [1.29, 1.82) is 0 Å². The van der Waals surface area contributed by atoms with Crippen molar-refractivity contribution in [2.45, 2.75) is 19.4 Å². The summed E-state index contributed by atoms with van der Waals surface area (Å²) in [5, 5.41) is 3.47. The maximum Gasteiger partial charge on any atom is 0.133 e. The molecule has 0 amide bonds. The fourth-order valence-electron chi connectivity index (χ4n) is 1.99. The van der Waals surface area contributed by atoms with E-state index < -0.39 is 0 Å². The molecule has 0 bridgehead atoms. The number of hydrogen-bond acceptors (Lipinski definition) is 4. The average molecular weight is 263 g/mol. The van der Waals surface area contributed by atoms with Crippen molar-refractivity contribution in [2.24, 2.45) is 7.05 Å². The Morgan fingerprint density at radius 3 is 3.05 bits per heavy atom. The van der Waals surface area contributed by atoms with E-state index in [1.807, 2.05) is 36.9 Å². The lowest BCUT2D eigenvalue weighted by molar-refractivity contribution is 0.144. The maximum atomic E-state index is 5.51. The molecule has 0 saturated heterocycles. The lowest BCUT2D eigenvalue weighted by Gasteiger charge is -2.16. The Hall–Kier alpha value is -1.59. The normalized spacial score (nSPS) is 12.7. The fourth-order valence-corrected chi connectivity index (χ4v) is 1.99. The zero-order valence-corrected chi connectivity index (χ0v) is 11.5. The van der Waals surface area contributed by atoms with E-state index >= 15 is 0 Å². The summed E-state index contributed by atoms with van der Waals surface area (Å²) in [6.07, 6.45) is 6.39. The zero-order valence-electron chi connectivity index (χ0n) is 11.5. The molecule has 0 aliphatic carbocycles. The van der Waals surface area contributed by atoms with E-state index in [0.29, 0.717) is 0 Å². The molecule has 2 heterocycles. The Bertz CT molecular complexity index is 465. The van der Waals surface area contributed by atoms with Crippen molar-refractivity contribution in [3.05, 3.63) is 42.4 Å². The van der Waals surface area contributed by atoms with Gasteiger partial charge in [-0.1, -0.05) is 0 Å². The minimum atomic E-state index is -0.0170. The van der Waals surface area contributed by atoms with E-state index in [4.69, 9.17) is 9.15 Å². The SMILES string of the molecule is CCOCCCNC(c1ccco1)c1nccn1C. The third kappa shape index (κ3) is 3.68. The van der Waals surface area contributed by atoms with Crippen LogP contribution in [0.25, 0.3) is 0 Å². The molecule has 0 spiro atoms. The van der Waals surface area contributed by atoms with Gasteiger partial charge < -0.3 is 19.0 Å². The molecular formula is C14H21N3O2. The highest BCUT2D eigenvalue weighted by molar-refractivity contribution is 5.15. The van der Waals surface area contributed by atoms with Gasteiger partial charge in [0.05, 0.1) is 6.26 Å². The molecule has 0 aliphatic rings. The van der Waals surface area contributed by atoms with Crippen LogP contribution in [0.15, 0.2) is 35.2 Å². The van der Waals surface area contributed by atoms with E-state index in [0.717, 1.165) is 37.8 Å². The number of imidazole rings is 1. The Labute approximate surface area is 113 Å². The quantitative estimate of drug-likeness (QED) is 0.741. The minimum Gasteiger partial charge on any atom is -0.467 e. The number of aryl methyl sites for hydroxylation is 1. The van der Waals surface area contributed by atoms with Crippen LogP contribution < -0.4 is 5.32 Å². The predicted octanol–water partition coefficient (Wildman–Crippen LogP) is 2.12. The van der Waals surface area contributed by atoms with E-state index in [1.54, 1.807) is 12.5 Å². The topological polar surface area (TPSA) is 52.2 Å². The van der Waals surface area contributed by atoms with Crippen molar-refractivity contribution in [2.75, 3.05) is 19.8 Å². The second kappa shape index (κ2) is 7.11. The zero-order chi connectivity index (χ0) is 13.5. The number of nitrogens with one attached hydrogen (secondary N) is 1. The van der Waals surface area contributed by atoms with Gasteiger partial charge >= 0.3 is 0 Å². The van der Waals surface area contributed by atoms with E-state index in [9.17, 15) is 0 Å². The van der Waals surface area contributed by atoms with Crippen LogP contribution >= 0.6 is 0 Å². The first kappa shape index (κ1) is 13.8. The number of nitrogens with zero attached hydrogens (tertiary/aromatic N) is 2. The highest BCUT2D eigenvalue weighted by Crippen LogP contribution is 2.20. The summed E-state index contributed by atoms with van der Waals surface area (Å²) in [7, 11) is 1.99. The maximum absolute atomic E-state index is 5.51. The van der Waals surface area contributed by atoms with Gasteiger partial charge in [-0.2, -0.15) is 0 Å². The van der Waals surface area contributed by atoms with Crippen LogP contribution in [0.1, 0.15) is 31.0 Å². The lowest BCUT2D eigenvalue weighted by Crippen LogP contribution is -2.26. The first-order valence-corrected chi connectivity index (χ1v) is 6.64. The Balaban J connectivity index is 1.98. The van der Waals surface area contributed by atoms with Crippen molar-refractivity contribution in [3.63, 3.8) is 0 Å². The summed E-state index contributed by atoms with van der Waals surface area (Å²) < 4.78 is 12.8. The van der Waals surface area contributed by atoms with Gasteiger partial charge in [0.15, 0.2) is 0 Å². The largest absolute Gasteiger partial charge is 0.467 e. The molecule has 1 unspecified atom stereocenters. The molecule has 1 atom stereocenters. The highest BCUT2D eigenvalue weighted by atomic mass is 16.5. The first-order chi connectivity index (χ1) is 9.33. The van der Waals surface area contributed by atoms with Crippen LogP contribution in [-0.2, 0) is 11.8 Å². The highest BCUT2D eigenvalue weighted by Gasteiger charge is 2.19. The number of rotatable bonds is 8. The molecule has 2 aromatic rings. The Morgan fingerprint density at radius 1 is 1.53 bits per heavy atom. The molecular weight excluding hydrogens is 242 g/mol. The van der Waals surface area contributed by atoms with Crippen molar-refractivity contribution in [1.82, 2.24) is 14.9 Å². The summed E-state index contributed by atoms with van der Waals surface area (Å²) in [4.78, 5) is 4.40. The van der Waals surface area contributed by atoms with Crippen LogP contribution in [0, 0.1) is 0 Å². The summed E-state index contributed by atoms with van der Waals surface area (Å²) in [6, 6.07) is 3.85. The smallest absolute Gasteiger partial charge is 0.133 e. The van der Waals surface area contributed by atoms with Gasteiger partial charge in [0.2, 0.25) is 0 Å². The van der Waals surface area contributed by atoms with Crippen LogP contribution in [0.5, 0.6) is 0 Å². The van der Waals surface area contributed by atoms with Gasteiger partial charge in [0.25, 0.3) is 0 Å². The molecule has 0 saturated carbocycles. The summed E-state index contributed by atoms with van der Waals surface area (Å²) >= 11 is 0. The molecule has 2 aromatic heterocycles. The summed E-state index contributed by atoms with van der Waals surface area (Å²) in [5.74, 6) is 1.83. The van der Waals surface area contributed by atoms with E-state index in [1.165, 1.54) is 0 Å². The molecule has 1 N–H and O–H groups in total. The fraction of sp³-hybridized carbons (Fsp3) is 0.500. The average Bonchev–Trinajstić information content (AvgIpc) is 3.06. The second-order valence-corrected chi connectivity index (χ2v) is 4.35. The van der Waals surface area contributed by atoms with Crippen LogP contribution in [0.2, 0.25) is 0 Å². The Kier molecular flexibility index (Phi) is 5.18. The first-order valence-electron chi connectivity index (χ1n) is 6.64. The van der Waals surface area contributed by atoms with Gasteiger partial charge in [-0.3, -0.25) is 0 Å². The molecule has 19 heavy (non-hydrogen) atoms.